The van der Waals surface area contributed by atoms with Gasteiger partial charge < -0.3 is 14.2 Å². The van der Waals surface area contributed by atoms with Gasteiger partial charge in [0.05, 0.1) is 25.5 Å². The summed E-state index contributed by atoms with van der Waals surface area (Å²) in [4.78, 5) is 18.5. The van der Waals surface area contributed by atoms with E-state index in [1.54, 1.807) is 15.7 Å². The zero-order chi connectivity index (χ0) is 18.0. The van der Waals surface area contributed by atoms with Crippen molar-refractivity contribution >= 4 is 15.9 Å². The maximum absolute atomic E-state index is 12.9. The van der Waals surface area contributed by atoms with Gasteiger partial charge in [-0.15, -0.1) is 0 Å². The molecule has 1 unspecified atom stereocenters. The second-order valence-electron chi connectivity index (χ2n) is 6.89. The van der Waals surface area contributed by atoms with Gasteiger partial charge in [0.2, 0.25) is 5.91 Å². The normalized spacial score (nSPS) is 23.2. The van der Waals surface area contributed by atoms with Crippen LogP contribution in [0.3, 0.4) is 0 Å². The number of ether oxygens (including phenoxy) is 1. The van der Waals surface area contributed by atoms with Crippen LogP contribution < -0.4 is 0 Å². The lowest BCUT2D eigenvalue weighted by atomic mass is 9.98. The van der Waals surface area contributed by atoms with Gasteiger partial charge in [-0.05, 0) is 26.7 Å². The molecule has 8 nitrogen and oxygen atoms in total. The van der Waals surface area contributed by atoms with Crippen LogP contribution in [0.15, 0.2) is 17.6 Å². The molecule has 1 amide bonds. The SMILES string of the molecule is CC(C)n1cnc(S(=O)(=O)N2CCCC(C(=O)N3CCOCC3)C2)c1. The molecule has 0 bridgehead atoms. The van der Waals surface area contributed by atoms with Gasteiger partial charge in [0, 0.05) is 38.4 Å². The number of sulfonamides is 1. The molecule has 0 aliphatic carbocycles. The van der Waals surface area contributed by atoms with Crippen molar-refractivity contribution in [3.05, 3.63) is 12.5 Å². The van der Waals surface area contributed by atoms with Crippen LogP contribution in [-0.4, -0.2) is 72.5 Å². The fourth-order valence-corrected chi connectivity index (χ4v) is 4.72. The molecule has 2 aliphatic rings. The highest BCUT2D eigenvalue weighted by Gasteiger charge is 2.36. The molecule has 2 aliphatic heterocycles. The molecular weight excluding hydrogens is 344 g/mol. The Morgan fingerprint density at radius 1 is 1.28 bits per heavy atom. The van der Waals surface area contributed by atoms with Crippen LogP contribution >= 0.6 is 0 Å². The standard InChI is InChI=1S/C16H26N4O4S/c1-13(2)19-11-15(17-12-19)25(22,23)20-5-3-4-14(10-20)16(21)18-6-8-24-9-7-18/h11-14H,3-10H2,1-2H3. The number of carbonyl (C=O) groups is 1. The Balaban J connectivity index is 1.72. The largest absolute Gasteiger partial charge is 0.378 e. The lowest BCUT2D eigenvalue weighted by Gasteiger charge is -2.35. The van der Waals surface area contributed by atoms with Gasteiger partial charge in [-0.1, -0.05) is 0 Å². The van der Waals surface area contributed by atoms with Crippen molar-refractivity contribution < 1.29 is 17.9 Å². The number of piperidine rings is 1. The Labute approximate surface area is 148 Å². The molecule has 1 atom stereocenters. The van der Waals surface area contributed by atoms with Gasteiger partial charge in [0.15, 0.2) is 5.03 Å². The molecule has 0 radical (unpaired) electrons. The molecule has 2 fully saturated rings. The van der Waals surface area contributed by atoms with E-state index >= 15 is 0 Å². The van der Waals surface area contributed by atoms with Crippen molar-refractivity contribution in [2.75, 3.05) is 39.4 Å². The summed E-state index contributed by atoms with van der Waals surface area (Å²) in [5.74, 6) is -0.246. The summed E-state index contributed by atoms with van der Waals surface area (Å²) in [5, 5.41) is 0.0562. The zero-order valence-electron chi connectivity index (χ0n) is 14.8. The van der Waals surface area contributed by atoms with E-state index < -0.39 is 10.0 Å². The quantitative estimate of drug-likeness (QED) is 0.780. The Morgan fingerprint density at radius 3 is 2.64 bits per heavy atom. The van der Waals surface area contributed by atoms with E-state index in [9.17, 15) is 13.2 Å². The number of hydrogen-bond acceptors (Lipinski definition) is 5. The van der Waals surface area contributed by atoms with E-state index in [0.717, 1.165) is 6.42 Å². The average molecular weight is 370 g/mol. The van der Waals surface area contributed by atoms with Gasteiger partial charge in [0.1, 0.15) is 0 Å². The third-order valence-electron chi connectivity index (χ3n) is 4.83. The summed E-state index contributed by atoms with van der Waals surface area (Å²) in [5.41, 5.74) is 0. The van der Waals surface area contributed by atoms with E-state index in [-0.39, 0.29) is 29.4 Å². The van der Waals surface area contributed by atoms with E-state index in [2.05, 4.69) is 4.98 Å². The van der Waals surface area contributed by atoms with Crippen molar-refractivity contribution in [2.24, 2.45) is 5.92 Å². The molecule has 140 valence electrons. The van der Waals surface area contributed by atoms with Gasteiger partial charge in [-0.2, -0.15) is 4.31 Å². The summed E-state index contributed by atoms with van der Waals surface area (Å²) in [6.45, 7) is 6.87. The molecule has 3 heterocycles. The van der Waals surface area contributed by atoms with Gasteiger partial charge in [-0.25, -0.2) is 13.4 Å². The molecule has 1 aromatic heterocycles. The number of aromatic nitrogens is 2. The summed E-state index contributed by atoms with van der Waals surface area (Å²) in [6.07, 6.45) is 4.51. The van der Waals surface area contributed by atoms with Crippen molar-refractivity contribution in [2.45, 2.75) is 37.8 Å². The maximum Gasteiger partial charge on any atom is 0.262 e. The maximum atomic E-state index is 12.9. The van der Waals surface area contributed by atoms with Crippen LogP contribution in [0.2, 0.25) is 0 Å². The Hall–Kier alpha value is -1.45. The fraction of sp³-hybridized carbons (Fsp3) is 0.750. The summed E-state index contributed by atoms with van der Waals surface area (Å²) in [7, 11) is -3.67. The van der Waals surface area contributed by atoms with Crippen LogP contribution in [0.1, 0.15) is 32.7 Å². The molecule has 2 saturated heterocycles. The summed E-state index contributed by atoms with van der Waals surface area (Å²) in [6, 6.07) is 0.147. The molecular formula is C16H26N4O4S. The minimum absolute atomic E-state index is 0.0379. The van der Waals surface area contributed by atoms with E-state index in [1.165, 1.54) is 10.6 Å². The number of carbonyl (C=O) groups excluding carboxylic acids is 1. The molecule has 0 aromatic carbocycles. The Bertz CT molecular complexity index is 709. The van der Waals surface area contributed by atoms with Crippen molar-refractivity contribution in [1.82, 2.24) is 18.8 Å². The Morgan fingerprint density at radius 2 is 2.00 bits per heavy atom. The number of amides is 1. The number of hydrogen-bond donors (Lipinski definition) is 0. The third kappa shape index (κ3) is 3.88. The monoisotopic (exact) mass is 370 g/mol. The zero-order valence-corrected chi connectivity index (χ0v) is 15.6. The van der Waals surface area contributed by atoms with Crippen LogP contribution in [-0.2, 0) is 19.6 Å². The molecule has 0 saturated carbocycles. The van der Waals surface area contributed by atoms with E-state index in [0.29, 0.717) is 39.3 Å². The van der Waals surface area contributed by atoms with Crippen molar-refractivity contribution in [1.29, 1.82) is 0 Å². The second-order valence-corrected chi connectivity index (χ2v) is 8.78. The minimum Gasteiger partial charge on any atom is -0.378 e. The Kier molecular flexibility index (Phi) is 5.45. The van der Waals surface area contributed by atoms with Crippen LogP contribution in [0.25, 0.3) is 0 Å². The van der Waals surface area contributed by atoms with Crippen LogP contribution in [0.5, 0.6) is 0 Å². The molecule has 0 N–H and O–H groups in total. The fourth-order valence-electron chi connectivity index (χ4n) is 3.27. The van der Waals surface area contributed by atoms with Crippen molar-refractivity contribution in [3.63, 3.8) is 0 Å². The number of morpholine rings is 1. The third-order valence-corrected chi connectivity index (χ3v) is 6.59. The number of rotatable bonds is 4. The van der Waals surface area contributed by atoms with E-state index in [1.807, 2.05) is 13.8 Å². The summed E-state index contributed by atoms with van der Waals surface area (Å²) >= 11 is 0. The molecule has 25 heavy (non-hydrogen) atoms. The first-order valence-corrected chi connectivity index (χ1v) is 10.2. The summed E-state index contributed by atoms with van der Waals surface area (Å²) < 4.78 is 34.2. The average Bonchev–Trinajstić information content (AvgIpc) is 3.13. The van der Waals surface area contributed by atoms with E-state index in [4.69, 9.17) is 4.74 Å². The molecule has 3 rings (SSSR count). The van der Waals surface area contributed by atoms with Crippen LogP contribution in [0, 0.1) is 5.92 Å². The topological polar surface area (TPSA) is 84.7 Å². The first kappa shape index (κ1) is 18.3. The number of imidazole rings is 1. The highest BCUT2D eigenvalue weighted by atomic mass is 32.2. The highest BCUT2D eigenvalue weighted by Crippen LogP contribution is 2.25. The molecule has 1 aromatic rings. The predicted molar refractivity (Wildman–Crippen MR) is 91.5 cm³/mol. The lowest BCUT2D eigenvalue weighted by Crippen LogP contribution is -2.49. The number of nitrogens with zero attached hydrogens (tertiary/aromatic N) is 4. The smallest absolute Gasteiger partial charge is 0.262 e. The van der Waals surface area contributed by atoms with Crippen LogP contribution in [0.4, 0.5) is 0 Å². The van der Waals surface area contributed by atoms with Crippen molar-refractivity contribution in [3.8, 4) is 0 Å². The minimum atomic E-state index is -3.67. The predicted octanol–water partition coefficient (Wildman–Crippen LogP) is 0.724. The second kappa shape index (κ2) is 7.43. The lowest BCUT2D eigenvalue weighted by molar-refractivity contribution is -0.140. The first-order chi connectivity index (χ1) is 11.9. The van der Waals surface area contributed by atoms with Gasteiger partial charge in [0.25, 0.3) is 10.0 Å². The molecule has 0 spiro atoms. The van der Waals surface area contributed by atoms with Gasteiger partial charge in [-0.3, -0.25) is 4.79 Å². The highest BCUT2D eigenvalue weighted by molar-refractivity contribution is 7.89. The van der Waals surface area contributed by atoms with Gasteiger partial charge >= 0.3 is 0 Å². The molecule has 9 heteroatoms. The first-order valence-electron chi connectivity index (χ1n) is 8.79.